The number of aromatic nitrogens is 2. The monoisotopic (exact) mass is 396 g/mol. The van der Waals surface area contributed by atoms with Gasteiger partial charge in [-0.1, -0.05) is 30.0 Å². The summed E-state index contributed by atoms with van der Waals surface area (Å²) in [5, 5.41) is 12.7. The van der Waals surface area contributed by atoms with Crippen LogP contribution in [0, 0.1) is 0 Å². The number of nitrogens with one attached hydrogen (secondary N) is 2. The molecule has 9 heteroatoms. The normalized spacial score (nSPS) is 10.1. The second-order valence-electron chi connectivity index (χ2n) is 4.19. The van der Waals surface area contributed by atoms with Gasteiger partial charge in [-0.05, 0) is 28.1 Å². The van der Waals surface area contributed by atoms with E-state index in [1.54, 1.807) is 0 Å². The molecule has 2 rings (SSSR count). The molecule has 0 bridgehead atoms. The molecular weight excluding hydrogens is 384 g/mol. The summed E-state index contributed by atoms with van der Waals surface area (Å²) in [5.74, 6) is -0.125. The highest BCUT2D eigenvalue weighted by molar-refractivity contribution is 9.10. The molecule has 7 nitrogen and oxygen atoms in total. The van der Waals surface area contributed by atoms with Crippen molar-refractivity contribution in [1.82, 2.24) is 20.8 Å². The second kappa shape index (κ2) is 8.49. The third kappa shape index (κ3) is 5.22. The molecule has 0 saturated heterocycles. The molecule has 0 spiro atoms. The molecule has 2 N–H and O–H groups in total. The van der Waals surface area contributed by atoms with Crippen molar-refractivity contribution in [2.24, 2.45) is 0 Å². The minimum absolute atomic E-state index is 0.0148. The molecule has 0 unspecified atom stereocenters. The van der Waals surface area contributed by atoms with Crippen molar-refractivity contribution >= 4 is 39.6 Å². The lowest BCUT2D eigenvalue weighted by molar-refractivity contribution is -0.117. The average Bonchev–Trinajstić information content (AvgIpc) is 3.00. The number of amides is 3. The number of hydrogen-bond acceptors (Lipinski definition) is 6. The highest BCUT2D eigenvalue weighted by atomic mass is 79.9. The molecule has 0 aliphatic carbocycles. The van der Waals surface area contributed by atoms with Crippen molar-refractivity contribution in [3.63, 3.8) is 0 Å². The molecule has 0 aliphatic heterocycles. The van der Waals surface area contributed by atoms with Gasteiger partial charge in [-0.2, -0.15) is 0 Å². The van der Waals surface area contributed by atoms with Crippen LogP contribution in [0.4, 0.5) is 4.79 Å². The summed E-state index contributed by atoms with van der Waals surface area (Å²) in [6, 6.07) is 6.85. The Hall–Kier alpha value is -2.13. The quantitative estimate of drug-likeness (QED) is 0.575. The Kier molecular flexibility index (Phi) is 6.36. The van der Waals surface area contributed by atoms with Gasteiger partial charge in [0, 0.05) is 11.0 Å². The number of imide groups is 1. The molecule has 3 amide bonds. The first-order chi connectivity index (χ1) is 11.1. The number of nitrogens with zero attached hydrogens (tertiary/aromatic N) is 2. The summed E-state index contributed by atoms with van der Waals surface area (Å²) >= 11 is 4.45. The zero-order valence-corrected chi connectivity index (χ0v) is 14.3. The summed E-state index contributed by atoms with van der Waals surface area (Å²) in [4.78, 5) is 22.9. The Morgan fingerprint density at radius 1 is 1.35 bits per heavy atom. The minimum Gasteiger partial charge on any atom is -0.411 e. The van der Waals surface area contributed by atoms with Gasteiger partial charge in [0.05, 0.1) is 11.3 Å². The molecule has 0 fully saturated rings. The molecule has 1 aromatic heterocycles. The summed E-state index contributed by atoms with van der Waals surface area (Å²) in [5.41, 5.74) is 0.764. The Morgan fingerprint density at radius 3 is 2.87 bits per heavy atom. The molecule has 0 saturated carbocycles. The maximum Gasteiger partial charge on any atom is 0.321 e. The number of hydrogen-bond donors (Lipinski definition) is 2. The fraction of sp³-hybridized carbons (Fsp3) is 0.143. The summed E-state index contributed by atoms with van der Waals surface area (Å²) in [7, 11) is 0. The molecule has 0 atom stereocenters. The lowest BCUT2D eigenvalue weighted by atomic mass is 10.2. The van der Waals surface area contributed by atoms with Crippen molar-refractivity contribution in [2.45, 2.75) is 5.22 Å². The van der Waals surface area contributed by atoms with E-state index < -0.39 is 11.9 Å². The summed E-state index contributed by atoms with van der Waals surface area (Å²) in [6.07, 6.45) is 1.51. The van der Waals surface area contributed by atoms with Crippen LogP contribution in [0.2, 0.25) is 0 Å². The number of halogens is 1. The molecule has 2 aromatic rings. The van der Waals surface area contributed by atoms with E-state index in [9.17, 15) is 9.59 Å². The minimum atomic E-state index is -0.574. The fourth-order valence-corrected chi connectivity index (χ4v) is 2.53. The smallest absolute Gasteiger partial charge is 0.321 e. The molecular formula is C14H13BrN4O3S. The van der Waals surface area contributed by atoms with Gasteiger partial charge in [0.2, 0.25) is 11.8 Å². The Bertz CT molecular complexity index is 720. The van der Waals surface area contributed by atoms with Gasteiger partial charge in [0.25, 0.3) is 5.22 Å². The van der Waals surface area contributed by atoms with Crippen molar-refractivity contribution < 1.29 is 14.0 Å². The van der Waals surface area contributed by atoms with E-state index in [4.69, 9.17) is 4.42 Å². The average molecular weight is 397 g/mol. The van der Waals surface area contributed by atoms with Gasteiger partial charge in [0.15, 0.2) is 0 Å². The first-order valence-electron chi connectivity index (χ1n) is 6.50. The van der Waals surface area contributed by atoms with Gasteiger partial charge in [-0.3, -0.25) is 10.1 Å². The van der Waals surface area contributed by atoms with Crippen molar-refractivity contribution in [3.8, 4) is 11.5 Å². The standard InChI is InChI=1S/C14H13BrN4O3S/c1-2-7-16-13(21)17-11(20)8-23-14-19-18-12(22-14)9-5-3-4-6-10(9)15/h2-6H,1,7-8H2,(H2,16,17,20,21). The highest BCUT2D eigenvalue weighted by Crippen LogP contribution is 2.28. The van der Waals surface area contributed by atoms with E-state index in [1.165, 1.54) is 6.08 Å². The summed E-state index contributed by atoms with van der Waals surface area (Å²) < 4.78 is 6.32. The van der Waals surface area contributed by atoms with Crippen molar-refractivity contribution in [3.05, 3.63) is 41.4 Å². The predicted octanol–water partition coefficient (Wildman–Crippen LogP) is 2.60. The number of carbonyl (C=O) groups is 2. The third-order valence-corrected chi connectivity index (χ3v) is 4.01. The van der Waals surface area contributed by atoms with Crippen LogP contribution in [-0.4, -0.2) is 34.4 Å². The van der Waals surface area contributed by atoms with Crippen LogP contribution in [0.25, 0.3) is 11.5 Å². The lowest BCUT2D eigenvalue weighted by Gasteiger charge is -2.03. The van der Waals surface area contributed by atoms with Gasteiger partial charge in [-0.15, -0.1) is 16.8 Å². The number of rotatable bonds is 6. The second-order valence-corrected chi connectivity index (χ2v) is 5.97. The summed E-state index contributed by atoms with van der Waals surface area (Å²) in [6.45, 7) is 3.74. The number of urea groups is 1. The number of thioether (sulfide) groups is 1. The van der Waals surface area contributed by atoms with E-state index in [0.717, 1.165) is 21.8 Å². The molecule has 0 radical (unpaired) electrons. The molecule has 1 heterocycles. The molecule has 0 aliphatic rings. The van der Waals surface area contributed by atoms with Crippen LogP contribution in [0.3, 0.4) is 0 Å². The highest BCUT2D eigenvalue weighted by Gasteiger charge is 2.14. The van der Waals surface area contributed by atoms with Gasteiger partial charge >= 0.3 is 6.03 Å². The van der Waals surface area contributed by atoms with Crippen LogP contribution < -0.4 is 10.6 Å². The lowest BCUT2D eigenvalue weighted by Crippen LogP contribution is -2.40. The zero-order chi connectivity index (χ0) is 16.7. The number of benzene rings is 1. The largest absolute Gasteiger partial charge is 0.411 e. The Labute approximate surface area is 145 Å². The predicted molar refractivity (Wildman–Crippen MR) is 89.9 cm³/mol. The van der Waals surface area contributed by atoms with Gasteiger partial charge < -0.3 is 9.73 Å². The van der Waals surface area contributed by atoms with E-state index in [-0.39, 0.29) is 17.5 Å². The maximum atomic E-state index is 11.6. The number of carbonyl (C=O) groups excluding carboxylic acids is 2. The first kappa shape index (κ1) is 17.2. The van der Waals surface area contributed by atoms with Crippen LogP contribution in [0.5, 0.6) is 0 Å². The molecule has 1 aromatic carbocycles. The maximum absolute atomic E-state index is 11.6. The Balaban J connectivity index is 1.88. The van der Waals surface area contributed by atoms with E-state index in [0.29, 0.717) is 5.89 Å². The zero-order valence-electron chi connectivity index (χ0n) is 11.9. The first-order valence-corrected chi connectivity index (χ1v) is 8.28. The van der Waals surface area contributed by atoms with Crippen LogP contribution in [0.15, 0.2) is 51.0 Å². The molecule has 23 heavy (non-hydrogen) atoms. The molecule has 120 valence electrons. The van der Waals surface area contributed by atoms with E-state index in [1.807, 2.05) is 24.3 Å². The Morgan fingerprint density at radius 2 is 2.13 bits per heavy atom. The van der Waals surface area contributed by atoms with Crippen LogP contribution in [0.1, 0.15) is 0 Å². The van der Waals surface area contributed by atoms with Gasteiger partial charge in [0.1, 0.15) is 0 Å². The van der Waals surface area contributed by atoms with Crippen LogP contribution in [-0.2, 0) is 4.79 Å². The van der Waals surface area contributed by atoms with E-state index >= 15 is 0 Å². The third-order valence-electron chi connectivity index (χ3n) is 2.50. The van der Waals surface area contributed by atoms with Crippen molar-refractivity contribution in [2.75, 3.05) is 12.3 Å². The topological polar surface area (TPSA) is 97.1 Å². The fourth-order valence-electron chi connectivity index (χ4n) is 1.51. The van der Waals surface area contributed by atoms with Crippen molar-refractivity contribution in [1.29, 1.82) is 0 Å². The SMILES string of the molecule is C=CCNC(=O)NC(=O)CSc1nnc(-c2ccccc2Br)o1. The van der Waals surface area contributed by atoms with Crippen LogP contribution >= 0.6 is 27.7 Å². The van der Waals surface area contributed by atoms with E-state index in [2.05, 4.69) is 43.3 Å². The van der Waals surface area contributed by atoms with Gasteiger partial charge in [-0.25, -0.2) is 4.79 Å².